The average Bonchev–Trinajstić information content (AvgIpc) is 2.79. The SMILES string of the molecule is CC=Cc1ccc(OCC2CCC(C3CCC(CCCCC)CC3)CC2)c(F)c1C(F)(F)F. The van der Waals surface area contributed by atoms with Gasteiger partial charge in [0, 0.05) is 0 Å². The number of halogens is 4. The van der Waals surface area contributed by atoms with Crippen LogP contribution < -0.4 is 4.74 Å². The zero-order valence-corrected chi connectivity index (χ0v) is 20.2. The van der Waals surface area contributed by atoms with E-state index in [1.165, 1.54) is 75.7 Å². The first-order valence-electron chi connectivity index (χ1n) is 13.0. The van der Waals surface area contributed by atoms with Crippen molar-refractivity contribution < 1.29 is 22.3 Å². The second kappa shape index (κ2) is 12.3. The van der Waals surface area contributed by atoms with Gasteiger partial charge in [0.1, 0.15) is 5.56 Å². The van der Waals surface area contributed by atoms with Crippen LogP contribution in [0.4, 0.5) is 17.6 Å². The molecule has 2 aliphatic carbocycles. The Morgan fingerprint density at radius 3 is 2.06 bits per heavy atom. The molecular weight excluding hydrogens is 428 g/mol. The minimum atomic E-state index is -4.76. The van der Waals surface area contributed by atoms with Gasteiger partial charge in [0.25, 0.3) is 0 Å². The maximum absolute atomic E-state index is 14.7. The summed E-state index contributed by atoms with van der Waals surface area (Å²) >= 11 is 0. The number of rotatable bonds is 9. The lowest BCUT2D eigenvalue weighted by atomic mass is 9.69. The van der Waals surface area contributed by atoms with E-state index >= 15 is 0 Å². The molecule has 0 bridgehead atoms. The van der Waals surface area contributed by atoms with Crippen molar-refractivity contribution in [1.82, 2.24) is 0 Å². The van der Waals surface area contributed by atoms with Crippen molar-refractivity contribution in [3.8, 4) is 5.75 Å². The molecule has 2 fully saturated rings. The van der Waals surface area contributed by atoms with Crippen LogP contribution in [0.15, 0.2) is 18.2 Å². The van der Waals surface area contributed by atoms with Crippen LogP contribution in [0.3, 0.4) is 0 Å². The van der Waals surface area contributed by atoms with Crippen LogP contribution in [0, 0.1) is 29.5 Å². The molecule has 5 heteroatoms. The molecule has 0 saturated heterocycles. The highest BCUT2D eigenvalue weighted by Crippen LogP contribution is 2.43. The fourth-order valence-corrected chi connectivity index (χ4v) is 5.96. The maximum Gasteiger partial charge on any atom is 0.419 e. The van der Waals surface area contributed by atoms with E-state index in [4.69, 9.17) is 4.74 Å². The zero-order valence-electron chi connectivity index (χ0n) is 20.2. The third-order valence-electron chi connectivity index (χ3n) is 7.91. The summed E-state index contributed by atoms with van der Waals surface area (Å²) in [6, 6.07) is 2.61. The molecule has 2 saturated carbocycles. The second-order valence-corrected chi connectivity index (χ2v) is 10.2. The molecule has 33 heavy (non-hydrogen) atoms. The highest BCUT2D eigenvalue weighted by Gasteiger charge is 2.38. The Balaban J connectivity index is 1.47. The molecule has 2 aliphatic rings. The number of alkyl halides is 3. The predicted molar refractivity (Wildman–Crippen MR) is 127 cm³/mol. The van der Waals surface area contributed by atoms with Crippen LogP contribution in [0.1, 0.15) is 102 Å². The zero-order chi connectivity index (χ0) is 23.8. The van der Waals surface area contributed by atoms with Crippen molar-refractivity contribution in [2.24, 2.45) is 23.7 Å². The monoisotopic (exact) mass is 468 g/mol. The van der Waals surface area contributed by atoms with Gasteiger partial charge >= 0.3 is 6.18 Å². The summed E-state index contributed by atoms with van der Waals surface area (Å²) in [6.07, 6.45) is 13.2. The van der Waals surface area contributed by atoms with E-state index in [-0.39, 0.29) is 23.8 Å². The normalized spacial score (nSPS) is 26.6. The average molecular weight is 469 g/mol. The van der Waals surface area contributed by atoms with Crippen molar-refractivity contribution in [3.05, 3.63) is 35.2 Å². The summed E-state index contributed by atoms with van der Waals surface area (Å²) in [7, 11) is 0. The second-order valence-electron chi connectivity index (χ2n) is 10.2. The number of hydrogen-bond donors (Lipinski definition) is 0. The largest absolute Gasteiger partial charge is 0.490 e. The Labute approximate surface area is 197 Å². The fraction of sp³-hybridized carbons (Fsp3) is 0.714. The van der Waals surface area contributed by atoms with Crippen LogP contribution in [0.25, 0.3) is 6.08 Å². The van der Waals surface area contributed by atoms with E-state index in [1.807, 2.05) is 0 Å². The van der Waals surface area contributed by atoms with Gasteiger partial charge in [-0.3, -0.25) is 0 Å². The quantitative estimate of drug-likeness (QED) is 0.259. The molecule has 186 valence electrons. The number of ether oxygens (including phenoxy) is 1. The van der Waals surface area contributed by atoms with Gasteiger partial charge in [-0.15, -0.1) is 0 Å². The molecular formula is C28H40F4O. The van der Waals surface area contributed by atoms with Gasteiger partial charge in [-0.2, -0.15) is 13.2 Å². The van der Waals surface area contributed by atoms with Gasteiger partial charge in [0.2, 0.25) is 0 Å². The summed E-state index contributed by atoms with van der Waals surface area (Å²) in [5, 5.41) is 0. The van der Waals surface area contributed by atoms with Gasteiger partial charge in [0.15, 0.2) is 11.6 Å². The molecule has 1 aromatic rings. The summed E-state index contributed by atoms with van der Waals surface area (Å²) in [5.41, 5.74) is -1.41. The molecule has 0 aromatic heterocycles. The van der Waals surface area contributed by atoms with Crippen LogP contribution in [0.2, 0.25) is 0 Å². The predicted octanol–water partition coefficient (Wildman–Crippen LogP) is 9.45. The molecule has 0 spiro atoms. The molecule has 0 unspecified atom stereocenters. The molecule has 0 heterocycles. The highest BCUT2D eigenvalue weighted by molar-refractivity contribution is 5.57. The summed E-state index contributed by atoms with van der Waals surface area (Å²) in [6.45, 7) is 4.15. The number of hydrogen-bond acceptors (Lipinski definition) is 1. The molecule has 3 rings (SSSR count). The Hall–Kier alpha value is -1.52. The van der Waals surface area contributed by atoms with E-state index in [9.17, 15) is 17.6 Å². The lowest BCUT2D eigenvalue weighted by Gasteiger charge is -2.38. The van der Waals surface area contributed by atoms with Gasteiger partial charge in [-0.05, 0) is 80.8 Å². The Bertz CT molecular complexity index is 754. The van der Waals surface area contributed by atoms with E-state index in [2.05, 4.69) is 6.92 Å². The Morgan fingerprint density at radius 1 is 0.909 bits per heavy atom. The van der Waals surface area contributed by atoms with Crippen LogP contribution in [-0.4, -0.2) is 6.61 Å². The van der Waals surface area contributed by atoms with Gasteiger partial charge in [-0.1, -0.05) is 63.7 Å². The summed E-state index contributed by atoms with van der Waals surface area (Å²) in [5.74, 6) is 1.22. The third kappa shape index (κ3) is 7.23. The van der Waals surface area contributed by atoms with Crippen molar-refractivity contribution in [2.75, 3.05) is 6.61 Å². The first-order valence-corrected chi connectivity index (χ1v) is 13.0. The summed E-state index contributed by atoms with van der Waals surface area (Å²) < 4.78 is 60.4. The van der Waals surface area contributed by atoms with Crippen LogP contribution in [-0.2, 0) is 6.18 Å². The van der Waals surface area contributed by atoms with Gasteiger partial charge in [-0.25, -0.2) is 4.39 Å². The maximum atomic E-state index is 14.7. The van der Waals surface area contributed by atoms with E-state index in [1.54, 1.807) is 6.92 Å². The number of benzene rings is 1. The molecule has 0 N–H and O–H groups in total. The minimum absolute atomic E-state index is 0.171. The van der Waals surface area contributed by atoms with Crippen LogP contribution >= 0.6 is 0 Å². The first kappa shape index (κ1) is 26.1. The minimum Gasteiger partial charge on any atom is -0.490 e. The Morgan fingerprint density at radius 2 is 1.52 bits per heavy atom. The van der Waals surface area contributed by atoms with Crippen molar-refractivity contribution >= 4 is 6.08 Å². The topological polar surface area (TPSA) is 9.23 Å². The third-order valence-corrected chi connectivity index (χ3v) is 7.91. The first-order chi connectivity index (χ1) is 15.8. The van der Waals surface area contributed by atoms with Crippen LogP contribution in [0.5, 0.6) is 5.75 Å². The smallest absolute Gasteiger partial charge is 0.419 e. The lowest BCUT2D eigenvalue weighted by molar-refractivity contribution is -0.140. The standard InChI is InChI=1S/C28H40F4O/c1-3-5-6-8-20-9-13-22(14-10-20)23-15-11-21(12-16-23)19-33-25-18-17-24(7-4-2)26(27(25)29)28(30,31)32/h4,7,17-18,20-23H,3,5-6,8-16,19H2,1-2H3. The molecule has 0 atom stereocenters. The molecule has 0 aliphatic heterocycles. The van der Waals surface area contributed by atoms with E-state index < -0.39 is 17.6 Å². The summed E-state index contributed by atoms with van der Waals surface area (Å²) in [4.78, 5) is 0. The van der Waals surface area contributed by atoms with Gasteiger partial charge < -0.3 is 4.74 Å². The van der Waals surface area contributed by atoms with Crippen molar-refractivity contribution in [1.29, 1.82) is 0 Å². The van der Waals surface area contributed by atoms with Gasteiger partial charge in [0.05, 0.1) is 6.61 Å². The Kier molecular flexibility index (Phi) is 9.69. The molecule has 0 amide bonds. The molecule has 1 nitrogen and oxygen atoms in total. The highest BCUT2D eigenvalue weighted by atomic mass is 19.4. The number of unbranched alkanes of at least 4 members (excludes halogenated alkanes) is 2. The van der Waals surface area contributed by atoms with Crippen molar-refractivity contribution in [3.63, 3.8) is 0 Å². The van der Waals surface area contributed by atoms with E-state index in [0.29, 0.717) is 0 Å². The van der Waals surface area contributed by atoms with Crippen molar-refractivity contribution in [2.45, 2.75) is 97.1 Å². The number of allylic oxidation sites excluding steroid dienone is 1. The molecule has 0 radical (unpaired) electrons. The molecule has 1 aromatic carbocycles. The lowest BCUT2D eigenvalue weighted by Crippen LogP contribution is -2.27. The van der Waals surface area contributed by atoms with E-state index in [0.717, 1.165) is 43.4 Å². The fourth-order valence-electron chi connectivity index (χ4n) is 5.96.